The molecule has 0 fully saturated rings. The van der Waals surface area contributed by atoms with Crippen LogP contribution in [0.3, 0.4) is 0 Å². The minimum absolute atomic E-state index is 0.138. The highest BCUT2D eigenvalue weighted by Crippen LogP contribution is 2.05. The minimum Gasteiger partial charge on any atom is -0.354 e. The number of aromatic nitrogens is 2. The molecule has 0 aromatic carbocycles. The van der Waals surface area contributed by atoms with Crippen molar-refractivity contribution in [1.82, 2.24) is 15.3 Å². The molecule has 5 heteroatoms. The molecule has 0 bridgehead atoms. The van der Waals surface area contributed by atoms with Crippen LogP contribution in [0.25, 0.3) is 0 Å². The van der Waals surface area contributed by atoms with Crippen LogP contribution in [0.15, 0.2) is 6.07 Å². The van der Waals surface area contributed by atoms with Gasteiger partial charge < -0.3 is 10.6 Å². The molecule has 0 spiro atoms. The molecule has 2 N–H and O–H groups in total. The molecule has 1 rings (SSSR count). The fourth-order valence-electron chi connectivity index (χ4n) is 1.47. The average molecular weight is 250 g/mol. The standard InChI is InChI=1S/C13H22N4O/c1-4-6-8-15-13-16-10(3)9-11(17-13)12(18)14-7-5-2/h9H,4-8H2,1-3H3,(H,14,18)(H,15,16,17). The number of hydrogen-bond acceptors (Lipinski definition) is 4. The maximum Gasteiger partial charge on any atom is 0.270 e. The Balaban J connectivity index is 2.70. The second-order valence-corrected chi connectivity index (χ2v) is 4.25. The van der Waals surface area contributed by atoms with Crippen molar-refractivity contribution in [2.45, 2.75) is 40.0 Å². The Morgan fingerprint density at radius 1 is 1.22 bits per heavy atom. The van der Waals surface area contributed by atoms with Gasteiger partial charge in [0.25, 0.3) is 5.91 Å². The van der Waals surface area contributed by atoms with Gasteiger partial charge in [-0.1, -0.05) is 20.3 Å². The number of rotatable bonds is 7. The Morgan fingerprint density at radius 2 is 2.00 bits per heavy atom. The lowest BCUT2D eigenvalue weighted by Crippen LogP contribution is -2.25. The van der Waals surface area contributed by atoms with E-state index >= 15 is 0 Å². The minimum atomic E-state index is -0.138. The average Bonchev–Trinajstić information content (AvgIpc) is 2.35. The van der Waals surface area contributed by atoms with E-state index in [-0.39, 0.29) is 5.91 Å². The topological polar surface area (TPSA) is 66.9 Å². The van der Waals surface area contributed by atoms with Gasteiger partial charge in [-0.15, -0.1) is 0 Å². The molecule has 18 heavy (non-hydrogen) atoms. The van der Waals surface area contributed by atoms with Crippen LogP contribution in [0, 0.1) is 6.92 Å². The van der Waals surface area contributed by atoms with E-state index in [0.717, 1.165) is 31.5 Å². The number of carbonyl (C=O) groups excluding carboxylic acids is 1. The molecule has 1 amide bonds. The predicted molar refractivity (Wildman–Crippen MR) is 72.8 cm³/mol. The van der Waals surface area contributed by atoms with Gasteiger partial charge in [0.2, 0.25) is 5.95 Å². The van der Waals surface area contributed by atoms with Crippen molar-refractivity contribution in [3.05, 3.63) is 17.5 Å². The normalized spacial score (nSPS) is 10.2. The molecule has 100 valence electrons. The zero-order chi connectivity index (χ0) is 13.4. The van der Waals surface area contributed by atoms with Crippen molar-refractivity contribution in [2.75, 3.05) is 18.4 Å². The fraction of sp³-hybridized carbons (Fsp3) is 0.615. The van der Waals surface area contributed by atoms with Crippen LogP contribution in [-0.2, 0) is 0 Å². The molecular formula is C13H22N4O. The quantitative estimate of drug-likeness (QED) is 0.728. The summed E-state index contributed by atoms with van der Waals surface area (Å²) in [5.41, 5.74) is 1.22. The number of amides is 1. The van der Waals surface area contributed by atoms with Crippen molar-refractivity contribution in [2.24, 2.45) is 0 Å². The first-order chi connectivity index (χ1) is 8.67. The first-order valence-electron chi connectivity index (χ1n) is 6.55. The molecule has 1 aromatic rings. The highest BCUT2D eigenvalue weighted by molar-refractivity contribution is 5.92. The lowest BCUT2D eigenvalue weighted by molar-refractivity contribution is 0.0948. The summed E-state index contributed by atoms with van der Waals surface area (Å²) in [5.74, 6) is 0.394. The molecule has 5 nitrogen and oxygen atoms in total. The smallest absolute Gasteiger partial charge is 0.270 e. The lowest BCUT2D eigenvalue weighted by atomic mass is 10.3. The predicted octanol–water partition coefficient (Wildman–Crippen LogP) is 2.14. The van der Waals surface area contributed by atoms with Crippen molar-refractivity contribution >= 4 is 11.9 Å². The number of anilines is 1. The van der Waals surface area contributed by atoms with E-state index in [0.29, 0.717) is 18.2 Å². The van der Waals surface area contributed by atoms with Crippen LogP contribution in [0.5, 0.6) is 0 Å². The molecule has 0 atom stereocenters. The van der Waals surface area contributed by atoms with Crippen molar-refractivity contribution in [3.8, 4) is 0 Å². The Hall–Kier alpha value is -1.65. The van der Waals surface area contributed by atoms with Gasteiger partial charge >= 0.3 is 0 Å². The number of aryl methyl sites for hydroxylation is 1. The van der Waals surface area contributed by atoms with Crippen molar-refractivity contribution in [1.29, 1.82) is 0 Å². The van der Waals surface area contributed by atoms with E-state index in [1.54, 1.807) is 6.07 Å². The summed E-state index contributed by atoms with van der Waals surface area (Å²) >= 11 is 0. The third kappa shape index (κ3) is 4.69. The van der Waals surface area contributed by atoms with Gasteiger partial charge in [-0.25, -0.2) is 9.97 Å². The molecule has 0 aliphatic rings. The lowest BCUT2D eigenvalue weighted by Gasteiger charge is -2.08. The monoisotopic (exact) mass is 250 g/mol. The summed E-state index contributed by atoms with van der Waals surface area (Å²) in [6.45, 7) is 7.51. The summed E-state index contributed by atoms with van der Waals surface area (Å²) in [4.78, 5) is 20.3. The van der Waals surface area contributed by atoms with Gasteiger partial charge in [0.1, 0.15) is 5.69 Å². The van der Waals surface area contributed by atoms with Gasteiger partial charge in [0.05, 0.1) is 0 Å². The molecule has 1 heterocycles. The van der Waals surface area contributed by atoms with Crippen LogP contribution >= 0.6 is 0 Å². The first-order valence-corrected chi connectivity index (χ1v) is 6.55. The zero-order valence-electron chi connectivity index (χ0n) is 11.4. The van der Waals surface area contributed by atoms with E-state index in [2.05, 4.69) is 27.5 Å². The molecular weight excluding hydrogens is 228 g/mol. The van der Waals surface area contributed by atoms with Gasteiger partial charge in [0.15, 0.2) is 0 Å². The summed E-state index contributed by atoms with van der Waals surface area (Å²) in [6.07, 6.45) is 3.09. The largest absolute Gasteiger partial charge is 0.354 e. The third-order valence-electron chi connectivity index (χ3n) is 2.44. The molecule has 0 unspecified atom stereocenters. The number of hydrogen-bond donors (Lipinski definition) is 2. The molecule has 0 aliphatic heterocycles. The second kappa shape index (κ2) is 7.63. The van der Waals surface area contributed by atoms with Crippen LogP contribution in [0.2, 0.25) is 0 Å². The summed E-state index contributed by atoms with van der Waals surface area (Å²) in [7, 11) is 0. The fourth-order valence-corrected chi connectivity index (χ4v) is 1.47. The summed E-state index contributed by atoms with van der Waals surface area (Å²) < 4.78 is 0. The molecule has 0 saturated heterocycles. The van der Waals surface area contributed by atoms with Crippen LogP contribution in [0.1, 0.15) is 49.3 Å². The maximum absolute atomic E-state index is 11.8. The highest BCUT2D eigenvalue weighted by atomic mass is 16.1. The SMILES string of the molecule is CCCCNc1nc(C)cc(C(=O)NCCC)n1. The van der Waals surface area contributed by atoms with E-state index in [9.17, 15) is 4.79 Å². The van der Waals surface area contributed by atoms with Crippen molar-refractivity contribution in [3.63, 3.8) is 0 Å². The Bertz CT molecular complexity index is 393. The number of carbonyl (C=O) groups is 1. The molecule has 1 aromatic heterocycles. The van der Waals surface area contributed by atoms with E-state index < -0.39 is 0 Å². The van der Waals surface area contributed by atoms with Crippen LogP contribution < -0.4 is 10.6 Å². The summed E-state index contributed by atoms with van der Waals surface area (Å²) in [6, 6.07) is 1.70. The second-order valence-electron chi connectivity index (χ2n) is 4.25. The van der Waals surface area contributed by atoms with Gasteiger partial charge in [-0.05, 0) is 25.8 Å². The van der Waals surface area contributed by atoms with Crippen LogP contribution in [0.4, 0.5) is 5.95 Å². The van der Waals surface area contributed by atoms with Crippen molar-refractivity contribution < 1.29 is 4.79 Å². The van der Waals surface area contributed by atoms with Gasteiger partial charge in [0, 0.05) is 18.8 Å². The molecule has 0 aliphatic carbocycles. The highest BCUT2D eigenvalue weighted by Gasteiger charge is 2.09. The van der Waals surface area contributed by atoms with Gasteiger partial charge in [-0.3, -0.25) is 4.79 Å². The van der Waals surface area contributed by atoms with Gasteiger partial charge in [-0.2, -0.15) is 0 Å². The van der Waals surface area contributed by atoms with E-state index in [4.69, 9.17) is 0 Å². The number of unbranched alkanes of at least 4 members (excludes halogenated alkanes) is 1. The Labute approximate surface area is 108 Å². The number of nitrogens with zero attached hydrogens (tertiary/aromatic N) is 2. The Kier molecular flexibility index (Phi) is 6.11. The summed E-state index contributed by atoms with van der Waals surface area (Å²) in [5, 5.41) is 5.95. The van der Waals surface area contributed by atoms with Crippen LogP contribution in [-0.4, -0.2) is 29.0 Å². The third-order valence-corrected chi connectivity index (χ3v) is 2.44. The zero-order valence-corrected chi connectivity index (χ0v) is 11.4. The Morgan fingerprint density at radius 3 is 2.67 bits per heavy atom. The maximum atomic E-state index is 11.8. The van der Waals surface area contributed by atoms with E-state index in [1.807, 2.05) is 13.8 Å². The molecule has 0 saturated carbocycles. The first kappa shape index (κ1) is 14.4. The molecule has 0 radical (unpaired) electrons. The van der Waals surface area contributed by atoms with E-state index in [1.165, 1.54) is 0 Å². The number of nitrogens with one attached hydrogen (secondary N) is 2.